The summed E-state index contributed by atoms with van der Waals surface area (Å²) in [6.07, 6.45) is 129. The number of rotatable bonds is 94. The van der Waals surface area contributed by atoms with E-state index in [1.54, 1.807) is 0 Å². The van der Waals surface area contributed by atoms with Crippen molar-refractivity contribution >= 4 is 33.6 Å². The molecule has 0 aromatic carbocycles. The highest BCUT2D eigenvalue weighted by molar-refractivity contribution is 7.47. The molecule has 0 aromatic heterocycles. The van der Waals surface area contributed by atoms with Gasteiger partial charge in [0.2, 0.25) is 0 Å². The molecule has 125 heavy (non-hydrogen) atoms. The van der Waals surface area contributed by atoms with Gasteiger partial charge in [-0.2, -0.15) is 0 Å². The molecule has 0 rings (SSSR count). The van der Waals surface area contributed by atoms with Gasteiger partial charge < -0.3 is 34.2 Å². The number of aliphatic hydroxyl groups is 2. The van der Waals surface area contributed by atoms with Crippen LogP contribution >= 0.6 is 15.6 Å². The number of ether oxygens (including phenoxy) is 3. The van der Waals surface area contributed by atoms with E-state index in [0.29, 0.717) is 19.3 Å². The number of carbonyl (C=O) groups excluding carboxylic acids is 3. The Balaban J connectivity index is 4.58. The van der Waals surface area contributed by atoms with Crippen LogP contribution in [0.4, 0.5) is 0 Å². The van der Waals surface area contributed by atoms with Crippen molar-refractivity contribution in [2.75, 3.05) is 39.6 Å². The maximum Gasteiger partial charge on any atom is 0.472 e. The Labute approximate surface area is 764 Å². The minimum atomic E-state index is -4.95. The number of unbranched alkanes of at least 4 members (excludes halogenated alkanes) is 41. The zero-order chi connectivity index (χ0) is 90.7. The summed E-state index contributed by atoms with van der Waals surface area (Å²) in [4.78, 5) is 59.2. The van der Waals surface area contributed by atoms with E-state index in [4.69, 9.17) is 32.3 Å². The third kappa shape index (κ3) is 99.1. The summed E-state index contributed by atoms with van der Waals surface area (Å²) in [6.45, 7) is 2.47. The molecule has 716 valence electrons. The molecule has 0 saturated heterocycles. The highest BCUT2D eigenvalue weighted by Crippen LogP contribution is 2.45. The molecular weight excluding hydrogens is 1600 g/mol. The summed E-state index contributed by atoms with van der Waals surface area (Å²) >= 11 is 0. The van der Waals surface area contributed by atoms with Crippen LogP contribution in [0.1, 0.15) is 419 Å². The largest absolute Gasteiger partial charge is 0.472 e. The maximum atomic E-state index is 13.1. The van der Waals surface area contributed by atoms with Crippen molar-refractivity contribution in [2.24, 2.45) is 0 Å². The summed E-state index contributed by atoms with van der Waals surface area (Å²) in [5.74, 6) is -1.58. The summed E-state index contributed by atoms with van der Waals surface area (Å²) in [7, 11) is -9.83. The first-order valence-electron chi connectivity index (χ1n) is 50.1. The summed E-state index contributed by atoms with van der Waals surface area (Å²) in [5.41, 5.74) is 0. The Hall–Kier alpha value is -5.35. The van der Waals surface area contributed by atoms with Crippen LogP contribution in [0.5, 0.6) is 0 Å². The van der Waals surface area contributed by atoms with E-state index in [2.05, 4.69) is 203 Å². The molecule has 0 saturated carbocycles. The standard InChI is InChI=1S/C107H182O16P2/c1-4-7-10-13-16-19-22-25-28-31-34-37-40-43-45-47-48-49-50-51-52-54-56-58-60-63-66-69-72-75-78-81-84-87-90-93-105(110)117-96-102(108)97-119-124(113,114)120-98-103(109)99-121-125(115,116)122-101-104(123-107(112)95-92-89-86-83-80-77-74-71-68-65-62-57-42-39-36-33-30-27-24-21-18-15-12-9-6-3)100-118-106(111)94-91-88-85-82-79-76-73-70-67-64-61-59-55-53-46-44-41-38-35-32-29-26-23-20-17-14-11-8-5-2/h8-9,11-12,16-21,25-30,34-39,43-46,57,62,68,71,102-104,108-109H,4-7,10,13-15,22-24,31-33,40-42,47-56,58-61,63-67,69-70,72-101H2,1-3H3,(H,113,114)(H,115,116)/b11-8-,12-9-,19-16-,20-17-,21-18-,28-25-,29-26-,30-27-,37-34-,38-35-,39-36-,45-43-,46-44-,62-57-,71-68-. The Bertz CT molecular complexity index is 3000. The lowest BCUT2D eigenvalue weighted by atomic mass is 10.0. The fourth-order valence-corrected chi connectivity index (χ4v) is 15.2. The second-order valence-electron chi connectivity index (χ2n) is 33.2. The predicted octanol–water partition coefficient (Wildman–Crippen LogP) is 31.6. The van der Waals surface area contributed by atoms with E-state index in [1.165, 1.54) is 180 Å². The highest BCUT2D eigenvalue weighted by atomic mass is 31.2. The number of esters is 3. The normalized spacial score (nSPS) is 14.5. The summed E-state index contributed by atoms with van der Waals surface area (Å²) < 4.78 is 61.6. The van der Waals surface area contributed by atoms with Crippen molar-refractivity contribution < 1.29 is 75.8 Å². The number of aliphatic hydroxyl groups excluding tert-OH is 2. The molecule has 5 unspecified atom stereocenters. The molecule has 5 atom stereocenters. The van der Waals surface area contributed by atoms with Gasteiger partial charge in [0.05, 0.1) is 26.4 Å². The van der Waals surface area contributed by atoms with E-state index in [1.807, 2.05) is 0 Å². The molecule has 0 aliphatic heterocycles. The molecule has 0 fully saturated rings. The third-order valence-corrected chi connectivity index (χ3v) is 23.0. The number of hydrogen-bond donors (Lipinski definition) is 4. The van der Waals surface area contributed by atoms with Crippen LogP contribution in [0.2, 0.25) is 0 Å². The second-order valence-corrected chi connectivity index (χ2v) is 36.1. The van der Waals surface area contributed by atoms with E-state index in [-0.39, 0.29) is 19.3 Å². The van der Waals surface area contributed by atoms with E-state index < -0.39 is 91.5 Å². The SMILES string of the molecule is CC/C=C\C/C=C\C/C=C\C/C=C\C/C=C\C/C=C\CCCCCCCCC(=O)OC(COC(=O)CCCCCCCCCCCCCCC/C=C\C/C=C\C/C=C\C/C=C\C/C=C\CC)COP(=O)(O)OCC(O)COP(=O)(O)OCC(O)COC(=O)CCCCCCCCCCCCCCCCCCCCC/C=C\C/C=C\C/C=C\C/C=C\CCCCC. The quantitative estimate of drug-likeness (QED) is 0.0146. The van der Waals surface area contributed by atoms with Gasteiger partial charge in [-0.15, -0.1) is 0 Å². The van der Waals surface area contributed by atoms with Gasteiger partial charge in [-0.05, 0) is 161 Å². The molecule has 0 amide bonds. The average Bonchev–Trinajstić information content (AvgIpc) is 0.900. The lowest BCUT2D eigenvalue weighted by molar-refractivity contribution is -0.161. The number of allylic oxidation sites excluding steroid dienone is 30. The summed E-state index contributed by atoms with van der Waals surface area (Å²) in [6, 6.07) is 0. The first-order chi connectivity index (χ1) is 61.2. The molecule has 0 bridgehead atoms. The van der Waals surface area contributed by atoms with Crippen LogP contribution in [0.25, 0.3) is 0 Å². The molecule has 0 radical (unpaired) electrons. The zero-order valence-corrected chi connectivity index (χ0v) is 81.0. The van der Waals surface area contributed by atoms with Gasteiger partial charge >= 0.3 is 33.6 Å². The minimum absolute atomic E-state index is 0.0820. The minimum Gasteiger partial charge on any atom is -0.463 e. The first kappa shape index (κ1) is 120. The van der Waals surface area contributed by atoms with Gasteiger partial charge in [0.25, 0.3) is 0 Å². The number of phosphoric acid groups is 2. The second kappa shape index (κ2) is 97.7. The molecule has 0 aromatic rings. The van der Waals surface area contributed by atoms with Crippen LogP contribution in [-0.4, -0.2) is 95.9 Å². The molecule has 16 nitrogen and oxygen atoms in total. The van der Waals surface area contributed by atoms with Crippen LogP contribution in [-0.2, 0) is 55.8 Å². The lowest BCUT2D eigenvalue weighted by Crippen LogP contribution is -2.30. The van der Waals surface area contributed by atoms with Crippen molar-refractivity contribution in [3.63, 3.8) is 0 Å². The van der Waals surface area contributed by atoms with Crippen molar-refractivity contribution in [2.45, 2.75) is 437 Å². The number of carbonyl (C=O) groups is 3. The monoisotopic (exact) mass is 1790 g/mol. The molecule has 0 heterocycles. The van der Waals surface area contributed by atoms with Gasteiger partial charge in [0.15, 0.2) is 6.10 Å². The average molecular weight is 1790 g/mol. The molecule has 4 N–H and O–H groups in total. The maximum absolute atomic E-state index is 13.1. The fourth-order valence-electron chi connectivity index (χ4n) is 13.6. The first-order valence-corrected chi connectivity index (χ1v) is 53.1. The number of phosphoric ester groups is 2. The Morgan fingerprint density at radius 3 is 0.672 bits per heavy atom. The molecule has 0 aliphatic carbocycles. The zero-order valence-electron chi connectivity index (χ0n) is 79.2. The molecule has 0 aliphatic rings. The topological polar surface area (TPSA) is 231 Å². The fraction of sp³-hybridized carbons (Fsp3) is 0.692. The van der Waals surface area contributed by atoms with E-state index in [0.717, 1.165) is 180 Å². The van der Waals surface area contributed by atoms with Gasteiger partial charge in [-0.1, -0.05) is 421 Å². The van der Waals surface area contributed by atoms with Crippen molar-refractivity contribution in [1.82, 2.24) is 0 Å². The van der Waals surface area contributed by atoms with E-state index in [9.17, 15) is 43.5 Å². The van der Waals surface area contributed by atoms with Crippen molar-refractivity contribution in [3.05, 3.63) is 182 Å². The Kier molecular flexibility index (Phi) is 93.5. The Morgan fingerprint density at radius 2 is 0.424 bits per heavy atom. The van der Waals surface area contributed by atoms with Crippen LogP contribution < -0.4 is 0 Å². The molecule has 0 spiro atoms. The van der Waals surface area contributed by atoms with Crippen LogP contribution in [0, 0.1) is 0 Å². The Morgan fingerprint density at radius 1 is 0.232 bits per heavy atom. The smallest absolute Gasteiger partial charge is 0.463 e. The third-order valence-electron chi connectivity index (χ3n) is 21.1. The van der Waals surface area contributed by atoms with Crippen LogP contribution in [0.15, 0.2) is 182 Å². The van der Waals surface area contributed by atoms with Gasteiger partial charge in [-0.25, -0.2) is 9.13 Å². The lowest BCUT2D eigenvalue weighted by Gasteiger charge is -2.21. The molecular formula is C107H182O16P2. The van der Waals surface area contributed by atoms with E-state index >= 15 is 0 Å². The summed E-state index contributed by atoms with van der Waals surface area (Å²) in [5, 5.41) is 20.8. The van der Waals surface area contributed by atoms with Gasteiger partial charge in [0, 0.05) is 19.3 Å². The number of hydrogen-bond acceptors (Lipinski definition) is 14. The van der Waals surface area contributed by atoms with Crippen LogP contribution in [0.3, 0.4) is 0 Å². The predicted molar refractivity (Wildman–Crippen MR) is 528 cm³/mol. The molecule has 18 heteroatoms. The van der Waals surface area contributed by atoms with Gasteiger partial charge in [-0.3, -0.25) is 32.5 Å². The van der Waals surface area contributed by atoms with Crippen molar-refractivity contribution in [1.29, 1.82) is 0 Å². The highest BCUT2D eigenvalue weighted by Gasteiger charge is 2.30. The van der Waals surface area contributed by atoms with Gasteiger partial charge in [0.1, 0.15) is 25.4 Å². The van der Waals surface area contributed by atoms with Crippen molar-refractivity contribution in [3.8, 4) is 0 Å².